The van der Waals surface area contributed by atoms with Crippen LogP contribution in [0.4, 0.5) is 24.5 Å². The molecule has 3 rings (SSSR count). The molecule has 0 fully saturated rings. The molecule has 0 saturated carbocycles. The lowest BCUT2D eigenvalue weighted by Crippen LogP contribution is -2.16. The van der Waals surface area contributed by atoms with Crippen molar-refractivity contribution in [2.75, 3.05) is 16.6 Å². The minimum atomic E-state index is -4.87. The molecule has 2 N–H and O–H groups in total. The summed E-state index contributed by atoms with van der Waals surface area (Å²) in [7, 11) is -4.54. The number of carbonyl (C=O) groups excluding carboxylic acids is 1. The number of nitrogens with zero attached hydrogens (tertiary/aromatic N) is 1. The molecule has 0 saturated heterocycles. The number of benzene rings is 2. The molecule has 0 unspecified atom stereocenters. The van der Waals surface area contributed by atoms with Crippen LogP contribution >= 0.6 is 11.6 Å². The molecular weight excluding hydrogens is 547 g/mol. The summed E-state index contributed by atoms with van der Waals surface area (Å²) < 4.78 is 79.3. The van der Waals surface area contributed by atoms with E-state index < -0.39 is 37.6 Å². The van der Waals surface area contributed by atoms with Gasteiger partial charge in [-0.1, -0.05) is 24.1 Å². The Morgan fingerprint density at radius 2 is 1.95 bits per heavy atom. The summed E-state index contributed by atoms with van der Waals surface area (Å²) >= 11 is 5.61. The number of alkyl halides is 3. The lowest BCUT2D eigenvalue weighted by Gasteiger charge is -2.16. The lowest BCUT2D eigenvalue weighted by molar-refractivity contribution is -0.137. The van der Waals surface area contributed by atoms with Crippen molar-refractivity contribution in [1.82, 2.24) is 4.98 Å². The third-order valence-corrected chi connectivity index (χ3v) is 6.39. The minimum absolute atomic E-state index is 0.0551. The van der Waals surface area contributed by atoms with Crippen LogP contribution in [0.2, 0.25) is 5.02 Å². The number of sulfonamides is 1. The number of rotatable bonds is 9. The summed E-state index contributed by atoms with van der Waals surface area (Å²) in [5.41, 5.74) is -0.621. The van der Waals surface area contributed by atoms with Crippen LogP contribution in [0.15, 0.2) is 66.2 Å². The summed E-state index contributed by atoms with van der Waals surface area (Å²) in [5, 5.41) is 1.90. The van der Waals surface area contributed by atoms with E-state index in [4.69, 9.17) is 27.5 Å². The highest BCUT2D eigenvalue weighted by Crippen LogP contribution is 2.38. The first-order valence-corrected chi connectivity index (χ1v) is 12.4. The number of aryl methyl sites for hydroxylation is 1. The molecule has 2 aromatic carbocycles. The van der Waals surface area contributed by atoms with E-state index in [-0.39, 0.29) is 29.7 Å². The monoisotopic (exact) mass is 565 g/mol. The van der Waals surface area contributed by atoms with Crippen molar-refractivity contribution in [1.29, 1.82) is 0 Å². The van der Waals surface area contributed by atoms with E-state index in [1.165, 1.54) is 30.5 Å². The van der Waals surface area contributed by atoms with Crippen LogP contribution in [0.3, 0.4) is 0 Å². The van der Waals surface area contributed by atoms with Crippen molar-refractivity contribution in [3.8, 4) is 29.7 Å². The highest BCUT2D eigenvalue weighted by molar-refractivity contribution is 7.92. The van der Waals surface area contributed by atoms with E-state index in [1.807, 2.05) is 0 Å². The lowest BCUT2D eigenvalue weighted by atomic mass is 10.2. The van der Waals surface area contributed by atoms with E-state index in [0.29, 0.717) is 17.3 Å². The number of pyridine rings is 1. The van der Waals surface area contributed by atoms with Crippen LogP contribution in [0.5, 0.6) is 17.4 Å². The van der Waals surface area contributed by atoms with Gasteiger partial charge in [-0.3, -0.25) is 9.52 Å². The average Bonchev–Trinajstić information content (AvgIpc) is 2.84. The number of ether oxygens (including phenoxy) is 2. The first-order valence-electron chi connectivity index (χ1n) is 10.5. The first kappa shape index (κ1) is 28.4. The Labute approximate surface area is 221 Å². The Morgan fingerprint density at radius 1 is 1.21 bits per heavy atom. The fourth-order valence-electron chi connectivity index (χ4n) is 3.00. The van der Waals surface area contributed by atoms with Gasteiger partial charge in [0.2, 0.25) is 11.8 Å². The van der Waals surface area contributed by atoms with Gasteiger partial charge in [0, 0.05) is 18.0 Å². The molecule has 8 nitrogen and oxygen atoms in total. The molecule has 0 atom stereocenters. The summed E-state index contributed by atoms with van der Waals surface area (Å²) in [6.45, 7) is 4.83. The van der Waals surface area contributed by atoms with Gasteiger partial charge in [-0.05, 0) is 55.0 Å². The molecule has 38 heavy (non-hydrogen) atoms. The largest absolute Gasteiger partial charge is 0.477 e. The second-order valence-electron chi connectivity index (χ2n) is 7.56. The normalized spacial score (nSPS) is 11.3. The second kappa shape index (κ2) is 11.5. The zero-order valence-corrected chi connectivity index (χ0v) is 21.2. The Hall–Kier alpha value is -4.21. The van der Waals surface area contributed by atoms with Crippen LogP contribution in [0, 0.1) is 19.3 Å². The Morgan fingerprint density at radius 3 is 2.61 bits per heavy atom. The number of hydrogen-bond acceptors (Lipinski definition) is 6. The Kier molecular flexibility index (Phi) is 8.55. The number of hydrogen-bond donors (Lipinski definition) is 2. The van der Waals surface area contributed by atoms with Gasteiger partial charge < -0.3 is 14.8 Å². The van der Waals surface area contributed by atoms with Gasteiger partial charge in [-0.2, -0.15) is 13.2 Å². The molecular formula is C25H19ClF3N3O5S. The predicted octanol–water partition coefficient (Wildman–Crippen LogP) is 5.79. The SMILES string of the molecule is C#CCOc1cc(NC(=O)C=C)ccc1Oc1ncc(C)cc1NS(=O)(=O)c1ccc(Cl)c(C(F)(F)F)c1. The number of anilines is 2. The maximum atomic E-state index is 13.3. The molecule has 0 aliphatic rings. The van der Waals surface area contributed by atoms with Gasteiger partial charge in [0.15, 0.2) is 11.5 Å². The van der Waals surface area contributed by atoms with Gasteiger partial charge in [-0.25, -0.2) is 13.4 Å². The smallest absolute Gasteiger partial charge is 0.417 e. The topological polar surface area (TPSA) is 107 Å². The molecule has 198 valence electrons. The Bertz CT molecular complexity index is 1540. The summed E-state index contributed by atoms with van der Waals surface area (Å²) in [4.78, 5) is 15.0. The van der Waals surface area contributed by atoms with E-state index in [0.717, 1.165) is 18.2 Å². The fraction of sp³-hybridized carbons (Fsp3) is 0.120. The van der Waals surface area contributed by atoms with Crippen LogP contribution in [-0.4, -0.2) is 25.9 Å². The van der Waals surface area contributed by atoms with Crippen molar-refractivity contribution in [3.63, 3.8) is 0 Å². The van der Waals surface area contributed by atoms with Crippen LogP contribution < -0.4 is 19.5 Å². The number of aromatic nitrogens is 1. The van der Waals surface area contributed by atoms with Crippen LogP contribution in [0.1, 0.15) is 11.1 Å². The van der Waals surface area contributed by atoms with Crippen LogP contribution in [0.25, 0.3) is 0 Å². The van der Waals surface area contributed by atoms with Gasteiger partial charge in [0.1, 0.15) is 12.3 Å². The van der Waals surface area contributed by atoms with E-state index in [2.05, 4.69) is 27.5 Å². The fourth-order valence-corrected chi connectivity index (χ4v) is 4.30. The maximum absolute atomic E-state index is 13.3. The summed E-state index contributed by atoms with van der Waals surface area (Å²) in [6.07, 6.45) is 2.85. The Balaban J connectivity index is 1.99. The highest BCUT2D eigenvalue weighted by atomic mass is 35.5. The van der Waals surface area contributed by atoms with Gasteiger partial charge in [0.25, 0.3) is 10.0 Å². The third-order valence-electron chi connectivity index (χ3n) is 4.70. The average molecular weight is 566 g/mol. The molecule has 3 aromatic rings. The number of carbonyl (C=O) groups is 1. The quantitative estimate of drug-likeness (QED) is 0.251. The molecule has 0 aliphatic heterocycles. The number of halogens is 4. The molecule has 0 aliphatic carbocycles. The summed E-state index contributed by atoms with van der Waals surface area (Å²) in [6, 6.07) is 7.89. The molecule has 0 spiro atoms. The zero-order valence-electron chi connectivity index (χ0n) is 19.6. The predicted molar refractivity (Wildman–Crippen MR) is 136 cm³/mol. The van der Waals surface area contributed by atoms with E-state index >= 15 is 0 Å². The first-order chi connectivity index (χ1) is 17.8. The molecule has 0 bridgehead atoms. The molecule has 0 radical (unpaired) electrons. The maximum Gasteiger partial charge on any atom is 0.417 e. The number of amides is 1. The summed E-state index contributed by atoms with van der Waals surface area (Å²) in [5.74, 6) is 1.72. The highest BCUT2D eigenvalue weighted by Gasteiger charge is 2.34. The molecule has 13 heteroatoms. The molecule has 1 aromatic heterocycles. The van der Waals surface area contributed by atoms with Crippen molar-refractivity contribution in [2.45, 2.75) is 18.0 Å². The van der Waals surface area contributed by atoms with Crippen molar-refractivity contribution in [2.24, 2.45) is 0 Å². The number of nitrogens with one attached hydrogen (secondary N) is 2. The van der Waals surface area contributed by atoms with Gasteiger partial charge >= 0.3 is 6.18 Å². The molecule has 1 heterocycles. The zero-order chi connectivity index (χ0) is 28.1. The van der Waals surface area contributed by atoms with Gasteiger partial charge in [-0.15, -0.1) is 6.42 Å². The van der Waals surface area contributed by atoms with Crippen molar-refractivity contribution < 1.29 is 35.9 Å². The van der Waals surface area contributed by atoms with Crippen molar-refractivity contribution in [3.05, 3.63) is 77.5 Å². The minimum Gasteiger partial charge on any atom is -0.477 e. The molecule has 1 amide bonds. The van der Waals surface area contributed by atoms with Crippen molar-refractivity contribution >= 4 is 38.9 Å². The number of terminal acetylenes is 1. The van der Waals surface area contributed by atoms with Crippen LogP contribution in [-0.2, 0) is 21.0 Å². The van der Waals surface area contributed by atoms with Gasteiger partial charge in [0.05, 0.1) is 15.5 Å². The van der Waals surface area contributed by atoms with E-state index in [1.54, 1.807) is 6.92 Å². The second-order valence-corrected chi connectivity index (χ2v) is 9.65. The van der Waals surface area contributed by atoms with E-state index in [9.17, 15) is 26.4 Å². The standard InChI is InChI=1S/C25H19ClF3N3O5S/c1-4-10-36-22-12-16(31-23(33)5-2)6-9-21(22)37-24-20(11-15(3)14-30-24)32-38(34,35)17-7-8-19(26)18(13-17)25(27,28)29/h1,5-9,11-14,32H,2,10H2,3H3,(H,31,33). The third kappa shape index (κ3) is 6.96.